The van der Waals surface area contributed by atoms with Crippen LogP contribution < -0.4 is 25.6 Å². The van der Waals surface area contributed by atoms with Crippen LogP contribution in [-0.2, 0) is 29.2 Å². The molecule has 4 rings (SSSR count). The van der Waals surface area contributed by atoms with Gasteiger partial charge >= 0.3 is 6.03 Å². The number of nitrogens with zero attached hydrogens (tertiary/aromatic N) is 1. The minimum Gasteiger partial charge on any atom is -0.347 e. The number of nitrogens with one attached hydrogen (secondary N) is 5. The summed E-state index contributed by atoms with van der Waals surface area (Å²) >= 11 is 0. The molecule has 0 bridgehead atoms. The normalized spacial score (nSPS) is 24.0. The molecule has 0 aromatic heterocycles. The Balaban J connectivity index is 1.48. The smallest absolute Gasteiger partial charge is 0.315 e. The molecule has 5 amide bonds. The number of hydrogen-bond acceptors (Lipinski definition) is 7. The number of rotatable bonds is 13. The lowest BCUT2D eigenvalue weighted by Gasteiger charge is -2.43. The van der Waals surface area contributed by atoms with Crippen LogP contribution in [0.25, 0.3) is 0 Å². The van der Waals surface area contributed by atoms with Crippen LogP contribution in [0, 0.1) is 5.41 Å². The van der Waals surface area contributed by atoms with Crippen molar-refractivity contribution in [2.24, 2.45) is 5.41 Å². The largest absolute Gasteiger partial charge is 0.347 e. The molecule has 4 aliphatic rings. The fraction of sp³-hybridized carbons (Fsp3) is 0.844. The number of amides is 5. The van der Waals surface area contributed by atoms with Crippen molar-refractivity contribution in [1.82, 2.24) is 26.2 Å². The first-order valence-electron chi connectivity index (χ1n) is 17.2. The molecule has 3 atom stereocenters. The van der Waals surface area contributed by atoms with E-state index in [1.54, 1.807) is 7.05 Å². The summed E-state index contributed by atoms with van der Waals surface area (Å²) in [6.07, 6.45) is 10.6. The second-order valence-electron chi connectivity index (χ2n) is 14.7. The molecule has 3 saturated carbocycles. The third kappa shape index (κ3) is 8.99. The standard InChI is InChI=1S/C32H54N6O7S/c1-22(2)37(4)46(44,45)21-32(17-9-6-10-18-32)36-30(43)35-26(31(3)15-7-5-8-16-31)29(42)38-19-11-12-24(38)27(40)33-20-25(39)28(41)34-23-13-14-23/h22-24,26H,5-21H2,1-4H3,(H,33,40)(H,34,41)(H2,35,36,43)/p+1/t24-,26+/m0/s1. The number of sulfonamides is 1. The molecule has 1 heterocycles. The molecule has 4 fully saturated rings. The van der Waals surface area contributed by atoms with Gasteiger partial charge in [0.1, 0.15) is 17.8 Å². The number of likely N-dealkylation sites (tertiary alicyclic amines) is 1. The zero-order valence-electron chi connectivity index (χ0n) is 28.0. The third-order valence-corrected chi connectivity index (χ3v) is 13.0. The molecule has 260 valence electrons. The minimum absolute atomic E-state index is 0.0257. The first-order chi connectivity index (χ1) is 21.7. The summed E-state index contributed by atoms with van der Waals surface area (Å²) in [7, 11) is -1.95. The molecule has 0 aromatic rings. The highest BCUT2D eigenvalue weighted by atomic mass is 32.2. The second kappa shape index (κ2) is 15.0. The number of quaternary nitrogens is 1. The van der Waals surface area contributed by atoms with E-state index in [0.29, 0.717) is 36.5 Å². The summed E-state index contributed by atoms with van der Waals surface area (Å²) in [4.78, 5) is 67.1. The van der Waals surface area contributed by atoms with E-state index in [1.165, 1.54) is 4.90 Å². The summed E-state index contributed by atoms with van der Waals surface area (Å²) in [5.74, 6) is -2.49. The number of Topliss-reactive ketones (excluding diaryl/α,β-unsaturated/α-hetero) is 1. The van der Waals surface area contributed by atoms with Gasteiger partial charge in [-0.15, -0.1) is 0 Å². The molecule has 0 radical (unpaired) electrons. The van der Waals surface area contributed by atoms with E-state index in [4.69, 9.17) is 0 Å². The van der Waals surface area contributed by atoms with E-state index in [-0.39, 0.29) is 23.7 Å². The molecule has 0 spiro atoms. The third-order valence-electron chi connectivity index (χ3n) is 10.6. The van der Waals surface area contributed by atoms with Gasteiger partial charge in [-0.25, -0.2) is 9.10 Å². The Labute approximate surface area is 273 Å². The Morgan fingerprint density at radius 1 is 0.891 bits per heavy atom. The predicted octanol–water partition coefficient (Wildman–Crippen LogP) is 0.535. The SMILES string of the molecule is CC(C)[NH+](C)S(=O)(=O)CC1(NC(=O)N[C@H](C(=O)N2CCC[C@H]2C(=O)NCC(=O)C(=O)NC2CC2)C2(C)CCCCC2)CCCCC1. The topological polar surface area (TPSA) is 175 Å². The zero-order valence-corrected chi connectivity index (χ0v) is 28.9. The lowest BCUT2D eigenvalue weighted by atomic mass is 9.70. The number of urea groups is 1. The Kier molecular flexibility index (Phi) is 11.8. The van der Waals surface area contributed by atoms with E-state index in [9.17, 15) is 32.4 Å². The van der Waals surface area contributed by atoms with Gasteiger partial charge in [0, 0.05) is 12.6 Å². The summed E-state index contributed by atoms with van der Waals surface area (Å²) in [5, 5.41) is 11.2. The van der Waals surface area contributed by atoms with Crippen LogP contribution in [0.3, 0.4) is 0 Å². The van der Waals surface area contributed by atoms with E-state index < -0.39 is 63.2 Å². The molecule has 13 nitrogen and oxygen atoms in total. The van der Waals surface area contributed by atoms with Crippen LogP contribution in [0.15, 0.2) is 0 Å². The number of carbonyl (C=O) groups excluding carboxylic acids is 5. The van der Waals surface area contributed by atoms with Crippen LogP contribution in [0.2, 0.25) is 0 Å². The zero-order chi connectivity index (χ0) is 33.7. The molecular weight excluding hydrogens is 612 g/mol. The minimum atomic E-state index is -3.59. The van der Waals surface area contributed by atoms with E-state index in [0.717, 1.165) is 64.2 Å². The Bertz CT molecular complexity index is 1260. The van der Waals surface area contributed by atoms with Gasteiger partial charge in [-0.3, -0.25) is 19.2 Å². The Hall–Kier alpha value is -2.74. The van der Waals surface area contributed by atoms with E-state index in [2.05, 4.69) is 21.3 Å². The first kappa shape index (κ1) is 36.1. The van der Waals surface area contributed by atoms with Crippen molar-refractivity contribution in [1.29, 1.82) is 0 Å². The second-order valence-corrected chi connectivity index (χ2v) is 16.9. The molecule has 0 aromatic carbocycles. The maximum absolute atomic E-state index is 14.3. The molecular formula is C32H55N6O7S+. The van der Waals surface area contributed by atoms with Crippen molar-refractivity contribution in [3.63, 3.8) is 0 Å². The van der Waals surface area contributed by atoms with Gasteiger partial charge in [0.2, 0.25) is 17.6 Å². The monoisotopic (exact) mass is 667 g/mol. The van der Waals surface area contributed by atoms with Crippen molar-refractivity contribution in [3.05, 3.63) is 0 Å². The maximum atomic E-state index is 14.3. The fourth-order valence-corrected chi connectivity index (χ4v) is 9.32. The molecule has 1 unspecified atom stereocenters. The van der Waals surface area contributed by atoms with Crippen LogP contribution in [0.1, 0.15) is 111 Å². The summed E-state index contributed by atoms with van der Waals surface area (Å²) in [6.45, 7) is 5.57. The lowest BCUT2D eigenvalue weighted by molar-refractivity contribution is -0.769. The fourth-order valence-electron chi connectivity index (χ4n) is 7.29. The van der Waals surface area contributed by atoms with Gasteiger partial charge in [-0.1, -0.05) is 45.4 Å². The van der Waals surface area contributed by atoms with Crippen molar-refractivity contribution in [2.75, 3.05) is 25.9 Å². The number of hydrogen-bond donors (Lipinski definition) is 5. The lowest BCUT2D eigenvalue weighted by Crippen LogP contribution is -3.14. The van der Waals surface area contributed by atoms with Gasteiger partial charge in [0.05, 0.1) is 25.2 Å². The van der Waals surface area contributed by atoms with Crippen LogP contribution in [-0.4, -0.2) is 98.4 Å². The number of ketones is 1. The van der Waals surface area contributed by atoms with Gasteiger partial charge < -0.3 is 26.2 Å². The van der Waals surface area contributed by atoms with Gasteiger partial charge in [-0.2, -0.15) is 8.42 Å². The number of carbonyl (C=O) groups is 5. The van der Waals surface area contributed by atoms with Crippen molar-refractivity contribution < 1.29 is 36.7 Å². The van der Waals surface area contributed by atoms with Crippen molar-refractivity contribution >= 4 is 39.6 Å². The molecule has 5 N–H and O–H groups in total. The highest BCUT2D eigenvalue weighted by molar-refractivity contribution is 7.85. The average Bonchev–Trinajstić information content (AvgIpc) is 3.68. The van der Waals surface area contributed by atoms with Crippen molar-refractivity contribution in [2.45, 2.75) is 140 Å². The quantitative estimate of drug-likeness (QED) is 0.178. The summed E-state index contributed by atoms with van der Waals surface area (Å²) in [6, 6.07) is -2.44. The van der Waals surface area contributed by atoms with Crippen LogP contribution in [0.4, 0.5) is 4.79 Å². The molecule has 1 aliphatic heterocycles. The predicted molar refractivity (Wildman–Crippen MR) is 172 cm³/mol. The Morgan fingerprint density at radius 3 is 2.09 bits per heavy atom. The van der Waals surface area contributed by atoms with Crippen LogP contribution >= 0.6 is 0 Å². The van der Waals surface area contributed by atoms with Gasteiger partial charge in [0.15, 0.2) is 0 Å². The first-order valence-corrected chi connectivity index (χ1v) is 18.9. The average molecular weight is 668 g/mol. The van der Waals surface area contributed by atoms with E-state index >= 15 is 0 Å². The molecule has 3 aliphatic carbocycles. The van der Waals surface area contributed by atoms with Crippen molar-refractivity contribution in [3.8, 4) is 0 Å². The van der Waals surface area contributed by atoms with Crippen LogP contribution in [0.5, 0.6) is 0 Å². The van der Waals surface area contributed by atoms with Gasteiger partial charge in [0.25, 0.3) is 15.9 Å². The summed E-state index contributed by atoms with van der Waals surface area (Å²) in [5.41, 5.74) is -1.49. The summed E-state index contributed by atoms with van der Waals surface area (Å²) < 4.78 is 27.1. The highest BCUT2D eigenvalue weighted by Gasteiger charge is 2.48. The van der Waals surface area contributed by atoms with Gasteiger partial charge in [-0.05, 0) is 70.6 Å². The molecule has 46 heavy (non-hydrogen) atoms. The molecule has 14 heteroatoms. The van der Waals surface area contributed by atoms with E-state index in [1.807, 2.05) is 20.8 Å². The highest BCUT2D eigenvalue weighted by Crippen LogP contribution is 2.40. The maximum Gasteiger partial charge on any atom is 0.315 e. The Morgan fingerprint density at radius 2 is 1.50 bits per heavy atom. The molecule has 1 saturated heterocycles.